The molecule has 0 saturated carbocycles. The van der Waals surface area contributed by atoms with E-state index >= 15 is 0 Å². The van der Waals surface area contributed by atoms with Gasteiger partial charge in [0.05, 0.1) is 12.6 Å². The van der Waals surface area contributed by atoms with Gasteiger partial charge in [-0.15, -0.1) is 24.0 Å². The normalized spacial score (nSPS) is 17.3. The zero-order valence-electron chi connectivity index (χ0n) is 13.7. The number of carbonyl (C=O) groups is 1. The molecule has 1 atom stereocenters. The summed E-state index contributed by atoms with van der Waals surface area (Å²) in [7, 11) is 0. The molecule has 1 aliphatic heterocycles. The van der Waals surface area contributed by atoms with Crippen molar-refractivity contribution in [2.24, 2.45) is 10.7 Å². The Balaban J connectivity index is 0.00000264. The van der Waals surface area contributed by atoms with Crippen LogP contribution < -0.4 is 15.8 Å². The fourth-order valence-corrected chi connectivity index (χ4v) is 2.24. The predicted molar refractivity (Wildman–Crippen MR) is 100 cm³/mol. The molecule has 1 aromatic carbocycles. The van der Waals surface area contributed by atoms with Gasteiger partial charge in [-0.25, -0.2) is 4.99 Å². The molecule has 0 radical (unpaired) electrons. The Morgan fingerprint density at radius 3 is 2.83 bits per heavy atom. The van der Waals surface area contributed by atoms with Crippen molar-refractivity contribution < 1.29 is 14.3 Å². The maximum absolute atomic E-state index is 11.6. The molecule has 7 heteroatoms. The van der Waals surface area contributed by atoms with Crippen LogP contribution in [0, 0.1) is 0 Å². The van der Waals surface area contributed by atoms with Crippen LogP contribution in [0.4, 0.5) is 0 Å². The fourth-order valence-electron chi connectivity index (χ4n) is 2.24. The van der Waals surface area contributed by atoms with Crippen LogP contribution in [0.25, 0.3) is 0 Å². The number of guanidine groups is 1. The number of para-hydroxylation sites is 1. The number of rotatable bonds is 3. The molecule has 0 bridgehead atoms. The first-order chi connectivity index (χ1) is 10.3. The zero-order chi connectivity index (χ0) is 16.2. The Bertz CT molecular complexity index is 570. The standard InChI is InChI=1S/C16H23N3O3.HI/c1-16(2,3)22-14(20)10-18-15(17)19-12-8-9-21-13-7-5-4-6-11(12)13;/h4-7,12H,8-10H2,1-3H3,(H3,17,18,19);1H. The molecule has 0 saturated heterocycles. The van der Waals surface area contributed by atoms with Crippen LogP contribution in [0.2, 0.25) is 0 Å². The van der Waals surface area contributed by atoms with Gasteiger partial charge in [0, 0.05) is 12.0 Å². The van der Waals surface area contributed by atoms with Gasteiger partial charge in [-0.1, -0.05) is 18.2 Å². The van der Waals surface area contributed by atoms with Gasteiger partial charge in [-0.2, -0.15) is 0 Å². The first-order valence-electron chi connectivity index (χ1n) is 7.35. The summed E-state index contributed by atoms with van der Waals surface area (Å²) in [4.78, 5) is 15.7. The van der Waals surface area contributed by atoms with Crippen LogP contribution in [0.5, 0.6) is 5.75 Å². The number of nitrogens with two attached hydrogens (primary N) is 1. The Kier molecular flexibility index (Phi) is 7.11. The second-order valence-electron chi connectivity index (χ2n) is 6.16. The molecule has 0 fully saturated rings. The van der Waals surface area contributed by atoms with Crippen molar-refractivity contribution in [3.05, 3.63) is 29.8 Å². The summed E-state index contributed by atoms with van der Waals surface area (Å²) in [6.45, 7) is 5.97. The molecular formula is C16H24IN3O3. The highest BCUT2D eigenvalue weighted by Crippen LogP contribution is 2.31. The number of carbonyl (C=O) groups excluding carboxylic acids is 1. The van der Waals surface area contributed by atoms with Crippen LogP contribution >= 0.6 is 24.0 Å². The highest BCUT2D eigenvalue weighted by atomic mass is 127. The third-order valence-electron chi connectivity index (χ3n) is 3.08. The SMILES string of the molecule is CC(C)(C)OC(=O)CN=C(N)NC1CCOc2ccccc21.I. The van der Waals surface area contributed by atoms with Crippen molar-refractivity contribution >= 4 is 35.9 Å². The van der Waals surface area contributed by atoms with Gasteiger partial charge >= 0.3 is 5.97 Å². The fraction of sp³-hybridized carbons (Fsp3) is 0.500. The lowest BCUT2D eigenvalue weighted by Gasteiger charge is -2.27. The minimum absolute atomic E-state index is 0. The van der Waals surface area contributed by atoms with Crippen molar-refractivity contribution in [1.82, 2.24) is 5.32 Å². The molecule has 1 unspecified atom stereocenters. The van der Waals surface area contributed by atoms with E-state index in [1.165, 1.54) is 0 Å². The Morgan fingerprint density at radius 1 is 1.43 bits per heavy atom. The summed E-state index contributed by atoms with van der Waals surface area (Å²) in [5.74, 6) is 0.684. The van der Waals surface area contributed by atoms with Crippen LogP contribution in [-0.4, -0.2) is 30.7 Å². The molecule has 0 aromatic heterocycles. The lowest BCUT2D eigenvalue weighted by molar-refractivity contribution is -0.152. The molecule has 0 amide bonds. The molecule has 0 aliphatic carbocycles. The molecule has 23 heavy (non-hydrogen) atoms. The number of benzene rings is 1. The number of nitrogens with zero attached hydrogens (tertiary/aromatic N) is 1. The second-order valence-corrected chi connectivity index (χ2v) is 6.16. The largest absolute Gasteiger partial charge is 0.493 e. The maximum atomic E-state index is 11.6. The van der Waals surface area contributed by atoms with Gasteiger partial charge in [0.25, 0.3) is 0 Å². The third-order valence-corrected chi connectivity index (χ3v) is 3.08. The maximum Gasteiger partial charge on any atom is 0.328 e. The number of esters is 1. The van der Waals surface area contributed by atoms with Gasteiger partial charge in [0.1, 0.15) is 17.9 Å². The number of aliphatic imine (C=N–C) groups is 1. The Morgan fingerprint density at radius 2 is 2.13 bits per heavy atom. The minimum atomic E-state index is -0.519. The van der Waals surface area contributed by atoms with Gasteiger partial charge in [0.2, 0.25) is 0 Å². The van der Waals surface area contributed by atoms with E-state index in [4.69, 9.17) is 15.2 Å². The Labute approximate surface area is 153 Å². The molecule has 0 spiro atoms. The van der Waals surface area contributed by atoms with E-state index < -0.39 is 11.6 Å². The lowest BCUT2D eigenvalue weighted by Crippen LogP contribution is -2.38. The van der Waals surface area contributed by atoms with Gasteiger partial charge < -0.3 is 20.5 Å². The van der Waals surface area contributed by atoms with Gasteiger partial charge in [0.15, 0.2) is 5.96 Å². The molecular weight excluding hydrogens is 409 g/mol. The third kappa shape index (κ3) is 6.25. The lowest BCUT2D eigenvalue weighted by atomic mass is 10.0. The van der Waals surface area contributed by atoms with E-state index in [-0.39, 0.29) is 42.5 Å². The summed E-state index contributed by atoms with van der Waals surface area (Å²) in [6.07, 6.45) is 0.791. The van der Waals surface area contributed by atoms with Crippen LogP contribution in [0.15, 0.2) is 29.3 Å². The first-order valence-corrected chi connectivity index (χ1v) is 7.35. The quantitative estimate of drug-likeness (QED) is 0.331. The van der Waals surface area contributed by atoms with Crippen molar-refractivity contribution in [1.29, 1.82) is 0 Å². The molecule has 1 heterocycles. The zero-order valence-corrected chi connectivity index (χ0v) is 16.0. The topological polar surface area (TPSA) is 85.9 Å². The number of fused-ring (bicyclic) bond motifs is 1. The van der Waals surface area contributed by atoms with Crippen LogP contribution in [-0.2, 0) is 9.53 Å². The smallest absolute Gasteiger partial charge is 0.328 e. The number of hydrogen-bond donors (Lipinski definition) is 2. The molecule has 128 valence electrons. The summed E-state index contributed by atoms with van der Waals surface area (Å²) in [5, 5.41) is 3.13. The highest BCUT2D eigenvalue weighted by molar-refractivity contribution is 14.0. The minimum Gasteiger partial charge on any atom is -0.493 e. The number of ether oxygens (including phenoxy) is 2. The predicted octanol–water partition coefficient (Wildman–Crippen LogP) is 2.37. The van der Waals surface area contributed by atoms with Gasteiger partial charge in [-0.3, -0.25) is 4.79 Å². The summed E-state index contributed by atoms with van der Waals surface area (Å²) in [5.41, 5.74) is 6.39. The summed E-state index contributed by atoms with van der Waals surface area (Å²) in [6, 6.07) is 7.84. The highest BCUT2D eigenvalue weighted by Gasteiger charge is 2.21. The van der Waals surface area contributed by atoms with E-state index in [0.717, 1.165) is 17.7 Å². The van der Waals surface area contributed by atoms with Crippen LogP contribution in [0.1, 0.15) is 38.8 Å². The van der Waals surface area contributed by atoms with E-state index in [0.29, 0.717) is 6.61 Å². The number of nitrogens with one attached hydrogen (secondary N) is 1. The van der Waals surface area contributed by atoms with Crippen molar-refractivity contribution in [3.63, 3.8) is 0 Å². The van der Waals surface area contributed by atoms with Crippen molar-refractivity contribution in [3.8, 4) is 5.75 Å². The second kappa shape index (κ2) is 8.37. The van der Waals surface area contributed by atoms with E-state index in [1.807, 2.05) is 45.0 Å². The van der Waals surface area contributed by atoms with Crippen LogP contribution in [0.3, 0.4) is 0 Å². The average molecular weight is 433 g/mol. The molecule has 6 nitrogen and oxygen atoms in total. The molecule has 1 aliphatic rings. The van der Waals surface area contributed by atoms with Crippen molar-refractivity contribution in [2.75, 3.05) is 13.2 Å². The average Bonchev–Trinajstić information content (AvgIpc) is 2.44. The molecule has 3 N–H and O–H groups in total. The van der Waals surface area contributed by atoms with E-state index in [9.17, 15) is 4.79 Å². The first kappa shape index (κ1) is 19.5. The number of hydrogen-bond acceptors (Lipinski definition) is 4. The molecule has 2 rings (SSSR count). The van der Waals surface area contributed by atoms with E-state index in [1.54, 1.807) is 0 Å². The molecule has 1 aromatic rings. The van der Waals surface area contributed by atoms with E-state index in [2.05, 4.69) is 10.3 Å². The Hall–Kier alpha value is -1.51. The van der Waals surface area contributed by atoms with Crippen molar-refractivity contribution in [2.45, 2.75) is 38.8 Å². The number of halogens is 1. The monoisotopic (exact) mass is 433 g/mol. The van der Waals surface area contributed by atoms with Gasteiger partial charge in [-0.05, 0) is 26.8 Å². The summed E-state index contributed by atoms with van der Waals surface area (Å²) >= 11 is 0. The summed E-state index contributed by atoms with van der Waals surface area (Å²) < 4.78 is 10.8.